The number of aromatic amines is 1. The SMILES string of the molecule is CCOc1ccc(NC(=O)c2n[nH]c(C)c2N)cc1. The minimum atomic E-state index is -0.342. The van der Waals surface area contributed by atoms with Crippen molar-refractivity contribution < 1.29 is 9.53 Å². The standard InChI is InChI=1S/C13H16N4O2/c1-3-19-10-6-4-9(5-7-10)15-13(18)12-11(14)8(2)16-17-12/h4-7H,3,14H2,1-2H3,(H,15,18)(H,16,17). The summed E-state index contributed by atoms with van der Waals surface area (Å²) in [6.07, 6.45) is 0. The molecule has 100 valence electrons. The van der Waals surface area contributed by atoms with Crippen molar-refractivity contribution in [1.29, 1.82) is 0 Å². The number of nitrogens with one attached hydrogen (secondary N) is 2. The first-order chi connectivity index (χ1) is 9.11. The van der Waals surface area contributed by atoms with E-state index in [1.54, 1.807) is 31.2 Å². The number of hydrogen-bond acceptors (Lipinski definition) is 4. The molecule has 0 aliphatic rings. The van der Waals surface area contributed by atoms with Crippen LogP contribution in [0.4, 0.5) is 11.4 Å². The first-order valence-corrected chi connectivity index (χ1v) is 5.96. The number of nitrogen functional groups attached to an aromatic ring is 1. The highest BCUT2D eigenvalue weighted by molar-refractivity contribution is 6.06. The van der Waals surface area contributed by atoms with Crippen LogP contribution in [0.5, 0.6) is 5.75 Å². The van der Waals surface area contributed by atoms with Gasteiger partial charge in [0.1, 0.15) is 5.75 Å². The number of benzene rings is 1. The highest BCUT2D eigenvalue weighted by Gasteiger charge is 2.15. The number of hydrogen-bond donors (Lipinski definition) is 3. The molecule has 19 heavy (non-hydrogen) atoms. The van der Waals surface area contributed by atoms with Crippen LogP contribution >= 0.6 is 0 Å². The molecule has 0 saturated heterocycles. The molecule has 0 radical (unpaired) electrons. The zero-order chi connectivity index (χ0) is 13.8. The number of aromatic nitrogens is 2. The summed E-state index contributed by atoms with van der Waals surface area (Å²) in [7, 11) is 0. The van der Waals surface area contributed by atoms with Crippen LogP contribution in [0.3, 0.4) is 0 Å². The summed E-state index contributed by atoms with van der Waals surface area (Å²) in [5.74, 6) is 0.418. The Hall–Kier alpha value is -2.50. The van der Waals surface area contributed by atoms with E-state index in [9.17, 15) is 4.79 Å². The predicted molar refractivity (Wildman–Crippen MR) is 73.3 cm³/mol. The molecule has 6 heteroatoms. The molecule has 1 amide bonds. The second-order valence-electron chi connectivity index (χ2n) is 4.02. The molecule has 1 aromatic carbocycles. The summed E-state index contributed by atoms with van der Waals surface area (Å²) in [4.78, 5) is 12.0. The van der Waals surface area contributed by atoms with Gasteiger partial charge in [0, 0.05) is 5.69 Å². The predicted octanol–water partition coefficient (Wildman–Crippen LogP) is 1.95. The van der Waals surface area contributed by atoms with Crippen LogP contribution in [0.1, 0.15) is 23.1 Å². The van der Waals surface area contributed by atoms with Gasteiger partial charge >= 0.3 is 0 Å². The smallest absolute Gasteiger partial charge is 0.278 e. The zero-order valence-corrected chi connectivity index (χ0v) is 10.9. The Bertz CT molecular complexity index is 575. The normalized spacial score (nSPS) is 10.2. The van der Waals surface area contributed by atoms with Crippen LogP contribution in [0, 0.1) is 6.92 Å². The summed E-state index contributed by atoms with van der Waals surface area (Å²) in [6, 6.07) is 7.10. The highest BCUT2D eigenvalue weighted by atomic mass is 16.5. The molecule has 2 rings (SSSR count). The van der Waals surface area contributed by atoms with Gasteiger partial charge in [-0.25, -0.2) is 0 Å². The minimum absolute atomic E-state index is 0.200. The van der Waals surface area contributed by atoms with Crippen molar-refractivity contribution in [3.63, 3.8) is 0 Å². The fourth-order valence-corrected chi connectivity index (χ4v) is 1.60. The molecule has 0 unspecified atom stereocenters. The first-order valence-electron chi connectivity index (χ1n) is 5.96. The Labute approximate surface area is 111 Å². The summed E-state index contributed by atoms with van der Waals surface area (Å²) in [5, 5.41) is 9.27. The maximum Gasteiger partial charge on any atom is 0.278 e. The molecule has 0 bridgehead atoms. The minimum Gasteiger partial charge on any atom is -0.494 e. The van der Waals surface area contributed by atoms with Crippen molar-refractivity contribution >= 4 is 17.3 Å². The molecular weight excluding hydrogens is 244 g/mol. The second-order valence-corrected chi connectivity index (χ2v) is 4.02. The van der Waals surface area contributed by atoms with E-state index in [0.717, 1.165) is 5.75 Å². The van der Waals surface area contributed by atoms with Gasteiger partial charge in [-0.2, -0.15) is 5.10 Å². The Morgan fingerprint density at radius 1 is 1.42 bits per heavy atom. The van der Waals surface area contributed by atoms with Crippen molar-refractivity contribution in [3.05, 3.63) is 35.7 Å². The third-order valence-corrected chi connectivity index (χ3v) is 2.63. The van der Waals surface area contributed by atoms with Crippen LogP contribution < -0.4 is 15.8 Å². The lowest BCUT2D eigenvalue weighted by Gasteiger charge is -2.06. The first kappa shape index (κ1) is 12.9. The lowest BCUT2D eigenvalue weighted by molar-refractivity contribution is 0.102. The Balaban J connectivity index is 2.08. The van der Waals surface area contributed by atoms with Crippen LogP contribution in [0.25, 0.3) is 0 Å². The molecule has 6 nitrogen and oxygen atoms in total. The van der Waals surface area contributed by atoms with E-state index in [1.165, 1.54) is 0 Å². The summed E-state index contributed by atoms with van der Waals surface area (Å²) in [6.45, 7) is 4.28. The van der Waals surface area contributed by atoms with Gasteiger partial charge < -0.3 is 15.8 Å². The Morgan fingerprint density at radius 3 is 2.63 bits per heavy atom. The average Bonchev–Trinajstić information content (AvgIpc) is 2.73. The molecule has 2 aromatic rings. The number of nitrogens with zero attached hydrogens (tertiary/aromatic N) is 1. The third kappa shape index (κ3) is 2.85. The van der Waals surface area contributed by atoms with Crippen molar-refractivity contribution in [2.24, 2.45) is 0 Å². The number of H-pyrrole nitrogens is 1. The van der Waals surface area contributed by atoms with Crippen molar-refractivity contribution in [2.45, 2.75) is 13.8 Å². The monoisotopic (exact) mass is 260 g/mol. The Morgan fingerprint density at radius 2 is 2.11 bits per heavy atom. The van der Waals surface area contributed by atoms with Crippen LogP contribution in [0.15, 0.2) is 24.3 Å². The molecule has 0 aliphatic heterocycles. The maximum atomic E-state index is 12.0. The summed E-state index contributed by atoms with van der Waals surface area (Å²) < 4.78 is 5.32. The lowest BCUT2D eigenvalue weighted by Crippen LogP contribution is -2.14. The number of ether oxygens (including phenoxy) is 1. The number of amides is 1. The summed E-state index contributed by atoms with van der Waals surface area (Å²) >= 11 is 0. The number of carbonyl (C=O) groups is 1. The largest absolute Gasteiger partial charge is 0.494 e. The van der Waals surface area contributed by atoms with Crippen molar-refractivity contribution in [1.82, 2.24) is 10.2 Å². The maximum absolute atomic E-state index is 12.0. The quantitative estimate of drug-likeness (QED) is 0.783. The van der Waals surface area contributed by atoms with E-state index in [4.69, 9.17) is 10.5 Å². The Kier molecular flexibility index (Phi) is 3.70. The number of anilines is 2. The second kappa shape index (κ2) is 5.43. The molecular formula is C13H16N4O2. The van der Waals surface area contributed by atoms with Crippen LogP contribution in [-0.2, 0) is 0 Å². The summed E-state index contributed by atoms with van der Waals surface area (Å²) in [5.41, 5.74) is 7.65. The number of nitrogens with two attached hydrogens (primary N) is 1. The molecule has 0 saturated carbocycles. The van der Waals surface area contributed by atoms with Gasteiger partial charge in [0.05, 0.1) is 18.0 Å². The van der Waals surface area contributed by atoms with E-state index in [1.807, 2.05) is 6.92 Å². The van der Waals surface area contributed by atoms with Crippen LogP contribution in [0.2, 0.25) is 0 Å². The molecule has 0 aliphatic carbocycles. The fourth-order valence-electron chi connectivity index (χ4n) is 1.60. The third-order valence-electron chi connectivity index (χ3n) is 2.63. The molecule has 4 N–H and O–H groups in total. The van der Waals surface area contributed by atoms with E-state index < -0.39 is 0 Å². The number of carbonyl (C=O) groups excluding carboxylic acids is 1. The van der Waals surface area contributed by atoms with Gasteiger partial charge in [-0.3, -0.25) is 9.89 Å². The van der Waals surface area contributed by atoms with Crippen LogP contribution in [-0.4, -0.2) is 22.7 Å². The highest BCUT2D eigenvalue weighted by Crippen LogP contribution is 2.18. The van der Waals surface area contributed by atoms with Gasteiger partial charge in [0.2, 0.25) is 0 Å². The average molecular weight is 260 g/mol. The lowest BCUT2D eigenvalue weighted by atomic mass is 10.2. The zero-order valence-electron chi connectivity index (χ0n) is 10.9. The molecule has 1 aromatic heterocycles. The van der Waals surface area contributed by atoms with E-state index in [2.05, 4.69) is 15.5 Å². The number of rotatable bonds is 4. The van der Waals surface area contributed by atoms with Crippen molar-refractivity contribution in [3.8, 4) is 5.75 Å². The van der Waals surface area contributed by atoms with Gasteiger partial charge in [0.25, 0.3) is 5.91 Å². The van der Waals surface area contributed by atoms with Crippen molar-refractivity contribution in [2.75, 3.05) is 17.7 Å². The topological polar surface area (TPSA) is 93.0 Å². The number of aryl methyl sites for hydroxylation is 1. The van der Waals surface area contributed by atoms with Gasteiger partial charge in [-0.15, -0.1) is 0 Å². The van der Waals surface area contributed by atoms with E-state index in [0.29, 0.717) is 23.7 Å². The molecule has 1 heterocycles. The molecule has 0 fully saturated rings. The van der Waals surface area contributed by atoms with E-state index in [-0.39, 0.29) is 11.6 Å². The van der Waals surface area contributed by atoms with Gasteiger partial charge in [-0.05, 0) is 38.1 Å². The fraction of sp³-hybridized carbons (Fsp3) is 0.231. The van der Waals surface area contributed by atoms with Gasteiger partial charge in [-0.1, -0.05) is 0 Å². The van der Waals surface area contributed by atoms with E-state index >= 15 is 0 Å². The van der Waals surface area contributed by atoms with Gasteiger partial charge in [0.15, 0.2) is 5.69 Å². The molecule has 0 spiro atoms. The molecule has 0 atom stereocenters.